The van der Waals surface area contributed by atoms with E-state index in [1.807, 2.05) is 17.0 Å². The number of benzene rings is 1. The van der Waals surface area contributed by atoms with Crippen molar-refractivity contribution in [1.29, 1.82) is 0 Å². The van der Waals surface area contributed by atoms with Gasteiger partial charge in [0.25, 0.3) is 5.91 Å². The van der Waals surface area contributed by atoms with E-state index in [-0.39, 0.29) is 36.8 Å². The molecule has 0 bridgehead atoms. The van der Waals surface area contributed by atoms with Crippen LogP contribution < -0.4 is 10.5 Å². The Morgan fingerprint density at radius 1 is 1.30 bits per heavy atom. The number of piperazine rings is 1. The van der Waals surface area contributed by atoms with Crippen LogP contribution in [0.25, 0.3) is 0 Å². The average Bonchev–Trinajstić information content (AvgIpc) is 3.16. The van der Waals surface area contributed by atoms with Gasteiger partial charge in [-0.25, -0.2) is 4.98 Å². The second-order valence-electron chi connectivity index (χ2n) is 6.11. The molecule has 1 aliphatic rings. The van der Waals surface area contributed by atoms with Crippen molar-refractivity contribution in [3.05, 3.63) is 45.9 Å². The van der Waals surface area contributed by atoms with Crippen LogP contribution in [0.4, 0.5) is 0 Å². The Labute approximate surface area is 176 Å². The van der Waals surface area contributed by atoms with Crippen LogP contribution in [-0.2, 0) is 6.54 Å². The lowest BCUT2D eigenvalue weighted by Gasteiger charge is -2.38. The molecule has 0 aliphatic carbocycles. The number of halogens is 2. The van der Waals surface area contributed by atoms with Gasteiger partial charge in [-0.1, -0.05) is 12.1 Å². The summed E-state index contributed by atoms with van der Waals surface area (Å²) in [5, 5.41) is 2.60. The maximum atomic E-state index is 12.6. The first-order valence-corrected chi connectivity index (χ1v) is 9.32. The molecule has 0 saturated carbocycles. The molecular weight excluding hydrogens is 407 g/mol. The van der Waals surface area contributed by atoms with E-state index in [1.165, 1.54) is 16.9 Å². The summed E-state index contributed by atoms with van der Waals surface area (Å²) >= 11 is 1.44. The van der Waals surface area contributed by atoms with Crippen molar-refractivity contribution >= 4 is 42.1 Å². The average molecular weight is 433 g/mol. The summed E-state index contributed by atoms with van der Waals surface area (Å²) in [5.74, 6) is 0.877. The fourth-order valence-electron chi connectivity index (χ4n) is 3.09. The smallest absolute Gasteiger partial charge is 0.273 e. The molecule has 2 heterocycles. The highest BCUT2D eigenvalue weighted by Crippen LogP contribution is 2.25. The number of thiazole rings is 1. The minimum absolute atomic E-state index is 0. The highest BCUT2D eigenvalue weighted by atomic mass is 35.5. The topological polar surface area (TPSA) is 71.7 Å². The van der Waals surface area contributed by atoms with E-state index >= 15 is 0 Å². The Balaban J connectivity index is 0.00000182. The first-order chi connectivity index (χ1) is 12.1. The Morgan fingerprint density at radius 2 is 2.00 bits per heavy atom. The van der Waals surface area contributed by atoms with Crippen molar-refractivity contribution in [2.75, 3.05) is 33.3 Å². The van der Waals surface area contributed by atoms with Gasteiger partial charge in [-0.3, -0.25) is 9.69 Å². The lowest BCUT2D eigenvalue weighted by Crippen LogP contribution is -2.49. The first kappa shape index (κ1) is 23.7. The van der Waals surface area contributed by atoms with Crippen LogP contribution in [-0.4, -0.2) is 54.0 Å². The Bertz CT molecular complexity index is 736. The maximum absolute atomic E-state index is 12.6. The molecular formula is C18H26Cl2N4O2S. The van der Waals surface area contributed by atoms with Gasteiger partial charge in [0, 0.05) is 44.1 Å². The van der Waals surface area contributed by atoms with Gasteiger partial charge in [-0.05, 0) is 24.6 Å². The number of aromatic nitrogens is 1. The fraction of sp³-hybridized carbons (Fsp3) is 0.444. The molecule has 1 unspecified atom stereocenters. The quantitative estimate of drug-likeness (QED) is 0.785. The zero-order chi connectivity index (χ0) is 17.8. The minimum Gasteiger partial charge on any atom is -0.497 e. The minimum atomic E-state index is 0. The van der Waals surface area contributed by atoms with Crippen LogP contribution in [0.5, 0.6) is 5.75 Å². The van der Waals surface area contributed by atoms with Gasteiger partial charge in [-0.15, -0.1) is 36.2 Å². The third-order valence-corrected chi connectivity index (χ3v) is 5.54. The standard InChI is InChI=1S/C18H24N4O2S.2ClH/c1-13(14-4-3-5-15(10-14)24-2)21-6-8-22(9-7-21)18(23)16-12-25-17(11-19)20-16;;/h3-5,10,12-13H,6-9,11,19H2,1-2H3;2*1H. The number of nitrogens with two attached hydrogens (primary N) is 1. The summed E-state index contributed by atoms with van der Waals surface area (Å²) in [4.78, 5) is 21.1. The number of carbonyl (C=O) groups excluding carboxylic acids is 1. The second kappa shape index (κ2) is 10.8. The normalized spacial score (nSPS) is 15.4. The number of carbonyl (C=O) groups is 1. The molecule has 2 aromatic rings. The van der Waals surface area contributed by atoms with Gasteiger partial charge >= 0.3 is 0 Å². The Morgan fingerprint density at radius 3 is 2.59 bits per heavy atom. The third-order valence-electron chi connectivity index (χ3n) is 4.67. The van der Waals surface area contributed by atoms with E-state index in [0.717, 1.165) is 23.8 Å². The van der Waals surface area contributed by atoms with Gasteiger partial charge in [0.1, 0.15) is 16.5 Å². The summed E-state index contributed by atoms with van der Waals surface area (Å²) in [6.45, 7) is 5.69. The number of ether oxygens (including phenoxy) is 1. The van der Waals surface area contributed by atoms with Gasteiger partial charge < -0.3 is 15.4 Å². The Kier molecular flexibility index (Phi) is 9.49. The number of amides is 1. The molecule has 1 aromatic carbocycles. The van der Waals surface area contributed by atoms with Crippen LogP contribution >= 0.6 is 36.2 Å². The molecule has 2 N–H and O–H groups in total. The largest absolute Gasteiger partial charge is 0.497 e. The van der Waals surface area contributed by atoms with Crippen LogP contribution in [0.15, 0.2) is 29.6 Å². The molecule has 6 nitrogen and oxygen atoms in total. The molecule has 9 heteroatoms. The molecule has 1 saturated heterocycles. The lowest BCUT2D eigenvalue weighted by molar-refractivity contribution is 0.0577. The summed E-state index contributed by atoms with van der Waals surface area (Å²) in [5.41, 5.74) is 7.32. The van der Waals surface area contributed by atoms with Gasteiger partial charge in [0.15, 0.2) is 0 Å². The molecule has 0 spiro atoms. The molecule has 0 radical (unpaired) electrons. The van der Waals surface area contributed by atoms with Crippen molar-refractivity contribution in [1.82, 2.24) is 14.8 Å². The van der Waals surface area contributed by atoms with Gasteiger partial charge in [0.05, 0.1) is 7.11 Å². The van der Waals surface area contributed by atoms with Crippen molar-refractivity contribution in [3.63, 3.8) is 0 Å². The van der Waals surface area contributed by atoms with Crippen LogP contribution in [0.1, 0.15) is 34.0 Å². The zero-order valence-corrected chi connectivity index (χ0v) is 17.9. The van der Waals surface area contributed by atoms with Crippen LogP contribution in [0.3, 0.4) is 0 Å². The predicted molar refractivity (Wildman–Crippen MR) is 113 cm³/mol. The predicted octanol–water partition coefficient (Wildman–Crippen LogP) is 2.97. The summed E-state index contributed by atoms with van der Waals surface area (Å²) in [7, 11) is 1.68. The molecule has 1 atom stereocenters. The molecule has 27 heavy (non-hydrogen) atoms. The van der Waals surface area contributed by atoms with Crippen molar-refractivity contribution in [3.8, 4) is 5.75 Å². The number of hydrogen-bond donors (Lipinski definition) is 1. The van der Waals surface area contributed by atoms with Crippen molar-refractivity contribution in [2.45, 2.75) is 19.5 Å². The highest BCUT2D eigenvalue weighted by Gasteiger charge is 2.26. The third kappa shape index (κ3) is 5.56. The van der Waals surface area contributed by atoms with Gasteiger partial charge in [0.2, 0.25) is 0 Å². The lowest BCUT2D eigenvalue weighted by atomic mass is 10.1. The van der Waals surface area contributed by atoms with E-state index < -0.39 is 0 Å². The van der Waals surface area contributed by atoms with Crippen LogP contribution in [0.2, 0.25) is 0 Å². The molecule has 3 rings (SSSR count). The molecule has 1 fully saturated rings. The van der Waals surface area contributed by atoms with E-state index in [4.69, 9.17) is 10.5 Å². The SMILES string of the molecule is COc1cccc(C(C)N2CCN(C(=O)c3csc(CN)n3)CC2)c1.Cl.Cl. The van der Waals surface area contributed by atoms with Gasteiger partial charge in [-0.2, -0.15) is 0 Å². The number of hydrogen-bond acceptors (Lipinski definition) is 6. The van der Waals surface area contributed by atoms with Crippen LogP contribution in [0, 0.1) is 0 Å². The monoisotopic (exact) mass is 432 g/mol. The molecule has 1 aromatic heterocycles. The second-order valence-corrected chi connectivity index (χ2v) is 7.05. The number of methoxy groups -OCH3 is 1. The molecule has 1 amide bonds. The number of nitrogens with zero attached hydrogens (tertiary/aromatic N) is 3. The highest BCUT2D eigenvalue weighted by molar-refractivity contribution is 7.09. The first-order valence-electron chi connectivity index (χ1n) is 8.44. The maximum Gasteiger partial charge on any atom is 0.273 e. The number of rotatable bonds is 5. The summed E-state index contributed by atoms with van der Waals surface area (Å²) < 4.78 is 5.31. The van der Waals surface area contributed by atoms with E-state index in [2.05, 4.69) is 28.9 Å². The van der Waals surface area contributed by atoms with Crippen molar-refractivity contribution < 1.29 is 9.53 Å². The van der Waals surface area contributed by atoms with Crippen molar-refractivity contribution in [2.24, 2.45) is 5.73 Å². The Hall–Kier alpha value is -1.38. The fourth-order valence-corrected chi connectivity index (χ4v) is 3.74. The van der Waals surface area contributed by atoms with E-state index in [0.29, 0.717) is 25.3 Å². The molecule has 150 valence electrons. The summed E-state index contributed by atoms with van der Waals surface area (Å²) in [6, 6.07) is 8.45. The van der Waals surface area contributed by atoms with E-state index in [1.54, 1.807) is 12.5 Å². The summed E-state index contributed by atoms with van der Waals surface area (Å²) in [6.07, 6.45) is 0. The molecule has 1 aliphatic heterocycles. The zero-order valence-electron chi connectivity index (χ0n) is 15.5. The van der Waals surface area contributed by atoms with E-state index in [9.17, 15) is 4.79 Å².